The lowest BCUT2D eigenvalue weighted by Crippen LogP contribution is -2.41. The Kier molecular flexibility index (Phi) is 6.90. The Bertz CT molecular complexity index is 408. The molecular weight excluding hydrogens is 286 g/mol. The van der Waals surface area contributed by atoms with Gasteiger partial charge in [-0.1, -0.05) is 19.1 Å². The molecule has 1 aliphatic rings. The number of thiocarbonyl (C=S) groups is 1. The molecule has 1 saturated heterocycles. The fourth-order valence-corrected chi connectivity index (χ4v) is 2.40. The van der Waals surface area contributed by atoms with E-state index in [-0.39, 0.29) is 11.5 Å². The third-order valence-electron chi connectivity index (χ3n) is 3.50. The molecule has 5 nitrogen and oxygen atoms in total. The number of carbonyl (C=O) groups is 1. The van der Waals surface area contributed by atoms with Gasteiger partial charge in [-0.15, -0.1) is 0 Å². The molecule has 21 heavy (non-hydrogen) atoms. The highest BCUT2D eigenvalue weighted by atomic mass is 32.1. The van der Waals surface area contributed by atoms with E-state index in [1.54, 1.807) is 13.8 Å². The summed E-state index contributed by atoms with van der Waals surface area (Å²) >= 11 is 5.03. The molecule has 0 aliphatic carbocycles. The van der Waals surface area contributed by atoms with Gasteiger partial charge < -0.3 is 10.4 Å². The molecule has 1 amide bonds. The average molecular weight is 313 g/mol. The summed E-state index contributed by atoms with van der Waals surface area (Å²) in [4.78, 5) is 18.4. The topological polar surface area (TPSA) is 64.9 Å². The molecule has 1 fully saturated rings. The zero-order valence-corrected chi connectivity index (χ0v) is 14.3. The molecular formula is C15H27N3O2S. The first-order valence-corrected chi connectivity index (χ1v) is 7.89. The summed E-state index contributed by atoms with van der Waals surface area (Å²) in [5, 5.41) is 12.2. The molecule has 0 atom stereocenters. The number of nitrogens with one attached hydrogen (secondary N) is 1. The first kappa shape index (κ1) is 18.2. The lowest BCUT2D eigenvalue weighted by atomic mass is 9.99. The van der Waals surface area contributed by atoms with Gasteiger partial charge in [0.15, 0.2) is 4.99 Å². The van der Waals surface area contributed by atoms with Gasteiger partial charge >= 0.3 is 0 Å². The minimum atomic E-state index is -0.950. The third kappa shape index (κ3) is 7.64. The van der Waals surface area contributed by atoms with Crippen molar-refractivity contribution in [3.8, 4) is 0 Å². The number of amides is 1. The largest absolute Gasteiger partial charge is 0.389 e. The number of nitrogens with zero attached hydrogens (tertiary/aromatic N) is 2. The summed E-state index contributed by atoms with van der Waals surface area (Å²) in [6, 6.07) is 0. The van der Waals surface area contributed by atoms with Gasteiger partial charge in [0, 0.05) is 18.8 Å². The van der Waals surface area contributed by atoms with Crippen LogP contribution in [-0.2, 0) is 4.79 Å². The molecule has 0 bridgehead atoms. The number of hydrogen-bond donors (Lipinski definition) is 2. The summed E-state index contributed by atoms with van der Waals surface area (Å²) < 4.78 is 0. The van der Waals surface area contributed by atoms with Crippen molar-refractivity contribution in [2.45, 2.75) is 46.1 Å². The summed E-state index contributed by atoms with van der Waals surface area (Å²) in [6.45, 7) is 10.5. The molecule has 0 unspecified atom stereocenters. The van der Waals surface area contributed by atoms with Gasteiger partial charge in [-0.05, 0) is 52.6 Å². The quantitative estimate of drug-likeness (QED) is 0.608. The second kappa shape index (κ2) is 7.96. The van der Waals surface area contributed by atoms with Crippen LogP contribution in [0, 0.1) is 5.92 Å². The van der Waals surface area contributed by atoms with Gasteiger partial charge in [0.05, 0.1) is 5.60 Å². The Morgan fingerprint density at radius 2 is 2.00 bits per heavy atom. The molecule has 0 aromatic rings. The van der Waals surface area contributed by atoms with Crippen molar-refractivity contribution in [3.05, 3.63) is 0 Å². The van der Waals surface area contributed by atoms with Crippen LogP contribution in [0.1, 0.15) is 40.5 Å². The highest BCUT2D eigenvalue weighted by Gasteiger charge is 2.18. The molecule has 0 aromatic heterocycles. The molecule has 1 rings (SSSR count). The van der Waals surface area contributed by atoms with E-state index in [1.807, 2.05) is 6.92 Å². The Morgan fingerprint density at radius 1 is 1.43 bits per heavy atom. The minimum absolute atomic E-state index is 0.0297. The van der Waals surface area contributed by atoms with E-state index in [0.29, 0.717) is 0 Å². The molecule has 0 spiro atoms. The smallest absolute Gasteiger partial charge is 0.281 e. The highest BCUT2D eigenvalue weighted by Crippen LogP contribution is 2.15. The molecule has 0 saturated carbocycles. The van der Waals surface area contributed by atoms with Crippen molar-refractivity contribution >= 4 is 28.8 Å². The summed E-state index contributed by atoms with van der Waals surface area (Å²) in [5.41, 5.74) is -0.0953. The predicted molar refractivity (Wildman–Crippen MR) is 89.9 cm³/mol. The van der Waals surface area contributed by atoms with Crippen LogP contribution in [0.2, 0.25) is 0 Å². The summed E-state index contributed by atoms with van der Waals surface area (Å²) in [7, 11) is 0. The zero-order chi connectivity index (χ0) is 16.0. The SMILES string of the molecule is CC(CN1CCC(C)CC1)=NC(=S)C(=O)NCC(C)(C)O. The van der Waals surface area contributed by atoms with Crippen molar-refractivity contribution in [2.24, 2.45) is 10.9 Å². The molecule has 1 aliphatic heterocycles. The maximum Gasteiger partial charge on any atom is 0.281 e. The van der Waals surface area contributed by atoms with Crippen molar-refractivity contribution in [2.75, 3.05) is 26.2 Å². The second-order valence-electron chi connectivity index (χ2n) is 6.61. The maximum absolute atomic E-state index is 11.8. The first-order valence-electron chi connectivity index (χ1n) is 7.48. The lowest BCUT2D eigenvalue weighted by molar-refractivity contribution is -0.115. The Hall–Kier alpha value is -0.850. The lowest BCUT2D eigenvalue weighted by Gasteiger charge is -2.29. The van der Waals surface area contributed by atoms with E-state index in [0.717, 1.165) is 31.3 Å². The van der Waals surface area contributed by atoms with E-state index in [2.05, 4.69) is 22.1 Å². The van der Waals surface area contributed by atoms with E-state index in [1.165, 1.54) is 12.8 Å². The normalized spacial score (nSPS) is 18.6. The molecule has 2 N–H and O–H groups in total. The zero-order valence-electron chi connectivity index (χ0n) is 13.5. The van der Waals surface area contributed by atoms with Gasteiger partial charge in [-0.2, -0.15) is 0 Å². The van der Waals surface area contributed by atoms with Crippen LogP contribution in [0.15, 0.2) is 4.99 Å². The van der Waals surface area contributed by atoms with E-state index in [4.69, 9.17) is 12.2 Å². The van der Waals surface area contributed by atoms with Crippen LogP contribution in [0.5, 0.6) is 0 Å². The average Bonchev–Trinajstić information content (AvgIpc) is 2.37. The number of aliphatic imine (C=N–C) groups is 1. The number of hydrogen-bond acceptors (Lipinski definition) is 4. The summed E-state index contributed by atoms with van der Waals surface area (Å²) in [5.74, 6) is 0.394. The predicted octanol–water partition coefficient (Wildman–Crippen LogP) is 1.39. The van der Waals surface area contributed by atoms with Crippen LogP contribution in [0.3, 0.4) is 0 Å². The molecule has 6 heteroatoms. The van der Waals surface area contributed by atoms with E-state index >= 15 is 0 Å². The van der Waals surface area contributed by atoms with Crippen LogP contribution >= 0.6 is 12.2 Å². The Balaban J connectivity index is 2.41. The molecule has 0 radical (unpaired) electrons. The van der Waals surface area contributed by atoms with Gasteiger partial charge in [0.1, 0.15) is 0 Å². The number of carbonyl (C=O) groups excluding carboxylic acids is 1. The van der Waals surface area contributed by atoms with Crippen LogP contribution in [0.25, 0.3) is 0 Å². The van der Waals surface area contributed by atoms with Crippen LogP contribution < -0.4 is 5.32 Å². The Morgan fingerprint density at radius 3 is 2.52 bits per heavy atom. The van der Waals surface area contributed by atoms with Crippen molar-refractivity contribution in [1.29, 1.82) is 0 Å². The highest BCUT2D eigenvalue weighted by molar-refractivity contribution is 7.82. The standard InChI is InChI=1S/C15H27N3O2S/c1-11-5-7-18(8-6-11)9-12(2)17-14(21)13(19)16-10-15(3,4)20/h11,20H,5-10H2,1-4H3,(H,16,19). The van der Waals surface area contributed by atoms with E-state index in [9.17, 15) is 9.90 Å². The van der Waals surface area contributed by atoms with Crippen molar-refractivity contribution in [1.82, 2.24) is 10.2 Å². The van der Waals surface area contributed by atoms with Gasteiger partial charge in [-0.3, -0.25) is 9.69 Å². The number of likely N-dealkylation sites (tertiary alicyclic amines) is 1. The van der Waals surface area contributed by atoms with E-state index < -0.39 is 11.5 Å². The summed E-state index contributed by atoms with van der Waals surface area (Å²) in [6.07, 6.45) is 2.42. The monoisotopic (exact) mass is 313 g/mol. The fourth-order valence-electron chi connectivity index (χ4n) is 2.18. The number of aliphatic hydroxyl groups is 1. The number of piperidine rings is 1. The van der Waals surface area contributed by atoms with Crippen LogP contribution in [-0.4, -0.2) is 58.4 Å². The first-order chi connectivity index (χ1) is 9.67. The third-order valence-corrected chi connectivity index (χ3v) is 3.77. The molecule has 1 heterocycles. The minimum Gasteiger partial charge on any atom is -0.389 e. The molecule has 0 aromatic carbocycles. The second-order valence-corrected chi connectivity index (χ2v) is 6.99. The van der Waals surface area contributed by atoms with Gasteiger partial charge in [-0.25, -0.2) is 4.99 Å². The Labute approximate surface area is 132 Å². The van der Waals surface area contributed by atoms with Gasteiger partial charge in [0.25, 0.3) is 5.91 Å². The maximum atomic E-state index is 11.8. The number of rotatable bonds is 4. The van der Waals surface area contributed by atoms with Crippen molar-refractivity contribution < 1.29 is 9.90 Å². The van der Waals surface area contributed by atoms with Crippen LogP contribution in [0.4, 0.5) is 0 Å². The van der Waals surface area contributed by atoms with Crippen molar-refractivity contribution in [3.63, 3.8) is 0 Å². The van der Waals surface area contributed by atoms with Gasteiger partial charge in [0.2, 0.25) is 0 Å². The molecule has 120 valence electrons. The fraction of sp³-hybridized carbons (Fsp3) is 0.800.